The van der Waals surface area contributed by atoms with Gasteiger partial charge < -0.3 is 10.2 Å². The first kappa shape index (κ1) is 13.3. The van der Waals surface area contributed by atoms with Gasteiger partial charge in [0.1, 0.15) is 0 Å². The molecule has 0 radical (unpaired) electrons. The molecule has 4 heteroatoms. The Labute approximate surface area is 113 Å². The highest BCUT2D eigenvalue weighted by molar-refractivity contribution is 7.16. The molecule has 0 bridgehead atoms. The average molecular weight is 273 g/mol. The highest BCUT2D eigenvalue weighted by atomic mass is 35.5. The van der Waals surface area contributed by atoms with Crippen LogP contribution < -0.4 is 5.32 Å². The van der Waals surface area contributed by atoms with Gasteiger partial charge in [0.2, 0.25) is 0 Å². The van der Waals surface area contributed by atoms with Crippen LogP contribution in [0.2, 0.25) is 4.34 Å². The van der Waals surface area contributed by atoms with Gasteiger partial charge in [-0.25, -0.2) is 0 Å². The number of nitrogens with zero attached hydrogens (tertiary/aromatic N) is 1. The predicted octanol–water partition coefficient (Wildman–Crippen LogP) is 3.02. The first-order chi connectivity index (χ1) is 8.28. The van der Waals surface area contributed by atoms with Gasteiger partial charge in [-0.1, -0.05) is 18.5 Å². The summed E-state index contributed by atoms with van der Waals surface area (Å²) in [4.78, 5) is 3.98. The molecule has 0 saturated carbocycles. The fourth-order valence-electron chi connectivity index (χ4n) is 2.47. The molecule has 96 valence electrons. The van der Waals surface area contributed by atoms with Gasteiger partial charge in [0.15, 0.2) is 0 Å². The Kier molecular flexibility index (Phi) is 5.29. The lowest BCUT2D eigenvalue weighted by Gasteiger charge is -2.33. The SMILES string of the molecule is CCNC1CCCN(CCc2ccc(Cl)s2)C1. The second-order valence-corrected chi connectivity index (χ2v) is 6.45. The molecule has 1 aromatic heterocycles. The maximum atomic E-state index is 5.94. The lowest BCUT2D eigenvalue weighted by Crippen LogP contribution is -2.46. The first-order valence-corrected chi connectivity index (χ1v) is 7.67. The highest BCUT2D eigenvalue weighted by Gasteiger charge is 2.18. The van der Waals surface area contributed by atoms with E-state index in [1.807, 2.05) is 6.07 Å². The zero-order valence-electron chi connectivity index (χ0n) is 10.4. The molecule has 2 heterocycles. The minimum absolute atomic E-state index is 0.695. The number of nitrogens with one attached hydrogen (secondary N) is 1. The van der Waals surface area contributed by atoms with E-state index in [4.69, 9.17) is 11.6 Å². The number of halogens is 1. The van der Waals surface area contributed by atoms with Crippen LogP contribution in [0.4, 0.5) is 0 Å². The molecule has 17 heavy (non-hydrogen) atoms. The van der Waals surface area contributed by atoms with Crippen LogP contribution in [-0.4, -0.2) is 37.1 Å². The van der Waals surface area contributed by atoms with Crippen molar-refractivity contribution >= 4 is 22.9 Å². The summed E-state index contributed by atoms with van der Waals surface area (Å²) in [6.07, 6.45) is 3.79. The lowest BCUT2D eigenvalue weighted by molar-refractivity contribution is 0.194. The van der Waals surface area contributed by atoms with Crippen molar-refractivity contribution in [1.29, 1.82) is 0 Å². The quantitative estimate of drug-likeness (QED) is 0.886. The molecular formula is C13H21ClN2S. The Balaban J connectivity index is 1.75. The lowest BCUT2D eigenvalue weighted by atomic mass is 10.1. The Hall–Kier alpha value is -0.0900. The van der Waals surface area contributed by atoms with E-state index in [0.29, 0.717) is 6.04 Å². The van der Waals surface area contributed by atoms with Crippen molar-refractivity contribution in [3.63, 3.8) is 0 Å². The topological polar surface area (TPSA) is 15.3 Å². The van der Waals surface area contributed by atoms with E-state index < -0.39 is 0 Å². The van der Waals surface area contributed by atoms with Gasteiger partial charge in [-0.3, -0.25) is 0 Å². The van der Waals surface area contributed by atoms with Crippen molar-refractivity contribution in [1.82, 2.24) is 10.2 Å². The fourth-order valence-corrected chi connectivity index (χ4v) is 3.54. The minimum Gasteiger partial charge on any atom is -0.313 e. The summed E-state index contributed by atoms with van der Waals surface area (Å²) in [7, 11) is 0. The van der Waals surface area contributed by atoms with Crippen LogP contribution in [0.25, 0.3) is 0 Å². The molecule has 1 saturated heterocycles. The molecule has 0 aliphatic carbocycles. The molecule has 1 N–H and O–H groups in total. The van der Waals surface area contributed by atoms with Gasteiger partial charge in [-0.2, -0.15) is 0 Å². The highest BCUT2D eigenvalue weighted by Crippen LogP contribution is 2.22. The zero-order chi connectivity index (χ0) is 12.1. The Bertz CT molecular complexity index is 338. The Morgan fingerprint density at radius 2 is 2.41 bits per heavy atom. The van der Waals surface area contributed by atoms with E-state index in [1.54, 1.807) is 11.3 Å². The standard InChI is InChI=1S/C13H21ClN2S/c1-2-15-11-4-3-8-16(10-11)9-7-12-5-6-13(14)17-12/h5-6,11,15H,2-4,7-10H2,1H3. The second kappa shape index (κ2) is 6.74. The van der Waals surface area contributed by atoms with Crippen molar-refractivity contribution in [3.8, 4) is 0 Å². The summed E-state index contributed by atoms with van der Waals surface area (Å²) in [6.45, 7) is 6.89. The second-order valence-electron chi connectivity index (χ2n) is 4.65. The molecule has 1 unspecified atom stereocenters. The summed E-state index contributed by atoms with van der Waals surface area (Å²) in [5.41, 5.74) is 0. The van der Waals surface area contributed by atoms with Gasteiger partial charge in [-0.15, -0.1) is 11.3 Å². The molecule has 1 atom stereocenters. The first-order valence-electron chi connectivity index (χ1n) is 6.48. The normalized spacial score (nSPS) is 21.9. The zero-order valence-corrected chi connectivity index (χ0v) is 12.0. The van der Waals surface area contributed by atoms with Crippen LogP contribution in [0, 0.1) is 0 Å². The van der Waals surface area contributed by atoms with Crippen molar-refractivity contribution in [3.05, 3.63) is 21.3 Å². The van der Waals surface area contributed by atoms with E-state index in [1.165, 1.54) is 37.4 Å². The molecule has 1 fully saturated rings. The van der Waals surface area contributed by atoms with E-state index in [-0.39, 0.29) is 0 Å². The number of hydrogen-bond acceptors (Lipinski definition) is 3. The summed E-state index contributed by atoms with van der Waals surface area (Å²) >= 11 is 7.65. The van der Waals surface area contributed by atoms with Crippen molar-refractivity contribution in [2.75, 3.05) is 26.2 Å². The average Bonchev–Trinajstić information content (AvgIpc) is 2.74. The molecule has 2 rings (SSSR count). The largest absolute Gasteiger partial charge is 0.313 e. The van der Waals surface area contributed by atoms with E-state index in [2.05, 4.69) is 23.2 Å². The van der Waals surface area contributed by atoms with E-state index >= 15 is 0 Å². The fraction of sp³-hybridized carbons (Fsp3) is 0.692. The van der Waals surface area contributed by atoms with Gasteiger partial charge in [0.25, 0.3) is 0 Å². The smallest absolute Gasteiger partial charge is 0.0931 e. The Morgan fingerprint density at radius 3 is 3.12 bits per heavy atom. The third-order valence-corrected chi connectivity index (χ3v) is 4.59. The number of thiophene rings is 1. The van der Waals surface area contributed by atoms with Gasteiger partial charge in [0.05, 0.1) is 4.34 Å². The van der Waals surface area contributed by atoms with Crippen molar-refractivity contribution < 1.29 is 0 Å². The number of hydrogen-bond donors (Lipinski definition) is 1. The van der Waals surface area contributed by atoms with Crippen LogP contribution in [0.5, 0.6) is 0 Å². The predicted molar refractivity (Wildman–Crippen MR) is 76.2 cm³/mol. The van der Waals surface area contributed by atoms with Crippen LogP contribution in [0.3, 0.4) is 0 Å². The number of likely N-dealkylation sites (tertiary alicyclic amines) is 1. The summed E-state index contributed by atoms with van der Waals surface area (Å²) < 4.78 is 0.907. The van der Waals surface area contributed by atoms with Crippen LogP contribution in [0.15, 0.2) is 12.1 Å². The molecule has 1 aliphatic rings. The van der Waals surface area contributed by atoms with Gasteiger partial charge >= 0.3 is 0 Å². The van der Waals surface area contributed by atoms with E-state index in [0.717, 1.165) is 17.3 Å². The molecule has 0 spiro atoms. The van der Waals surface area contributed by atoms with Crippen LogP contribution in [0.1, 0.15) is 24.6 Å². The van der Waals surface area contributed by atoms with E-state index in [9.17, 15) is 0 Å². The monoisotopic (exact) mass is 272 g/mol. The molecule has 1 aliphatic heterocycles. The Morgan fingerprint density at radius 1 is 1.53 bits per heavy atom. The van der Waals surface area contributed by atoms with Gasteiger partial charge in [0, 0.05) is 24.0 Å². The third kappa shape index (κ3) is 4.25. The molecule has 2 nitrogen and oxygen atoms in total. The number of piperidine rings is 1. The summed E-state index contributed by atoms with van der Waals surface area (Å²) in [6, 6.07) is 4.85. The maximum Gasteiger partial charge on any atom is 0.0931 e. The number of rotatable bonds is 5. The third-order valence-electron chi connectivity index (χ3n) is 3.30. The molecule has 1 aromatic rings. The van der Waals surface area contributed by atoms with Crippen molar-refractivity contribution in [2.24, 2.45) is 0 Å². The van der Waals surface area contributed by atoms with Crippen molar-refractivity contribution in [2.45, 2.75) is 32.2 Å². The molecular weight excluding hydrogens is 252 g/mol. The van der Waals surface area contributed by atoms with Crippen LogP contribution in [-0.2, 0) is 6.42 Å². The van der Waals surface area contributed by atoms with Gasteiger partial charge in [-0.05, 0) is 44.5 Å². The molecule has 0 aromatic carbocycles. The maximum absolute atomic E-state index is 5.94. The minimum atomic E-state index is 0.695. The number of likely N-dealkylation sites (N-methyl/N-ethyl adjacent to an activating group) is 1. The summed E-state index contributed by atoms with van der Waals surface area (Å²) in [5, 5.41) is 3.56. The summed E-state index contributed by atoms with van der Waals surface area (Å²) in [5.74, 6) is 0. The molecule has 0 amide bonds. The van der Waals surface area contributed by atoms with Crippen LogP contribution >= 0.6 is 22.9 Å².